The molecular formula is C19H37O7P. The quantitative estimate of drug-likeness (QED) is 0.134. The lowest BCUT2D eigenvalue weighted by atomic mass is 10.1. The number of unbranched alkanes of at least 4 members (excludes halogenated alkanes) is 9. The number of aliphatic hydroxyl groups excluding tert-OH is 1. The first-order valence-corrected chi connectivity index (χ1v) is 11.6. The van der Waals surface area contributed by atoms with Crippen molar-refractivity contribution in [2.75, 3.05) is 13.2 Å². The minimum Gasteiger partial charge on any atom is -0.463 e. The van der Waals surface area contributed by atoms with Crippen molar-refractivity contribution in [1.29, 1.82) is 0 Å². The smallest absolute Gasteiger partial charge is 0.463 e. The van der Waals surface area contributed by atoms with Gasteiger partial charge in [-0.05, 0) is 32.1 Å². The third kappa shape index (κ3) is 21.4. The van der Waals surface area contributed by atoms with Gasteiger partial charge in [0.1, 0.15) is 12.7 Å². The van der Waals surface area contributed by atoms with Gasteiger partial charge in [0.15, 0.2) is 0 Å². The van der Waals surface area contributed by atoms with E-state index >= 15 is 0 Å². The molecule has 0 aliphatic heterocycles. The van der Waals surface area contributed by atoms with Gasteiger partial charge in [-0.2, -0.15) is 0 Å². The molecule has 0 aliphatic carbocycles. The molecule has 0 aromatic carbocycles. The Morgan fingerprint density at radius 3 is 2.07 bits per heavy atom. The minimum atomic E-state index is -4.62. The zero-order valence-corrected chi connectivity index (χ0v) is 17.4. The van der Waals surface area contributed by atoms with Crippen molar-refractivity contribution in [3.05, 3.63) is 12.2 Å². The molecule has 0 saturated heterocycles. The average molecular weight is 408 g/mol. The van der Waals surface area contributed by atoms with Gasteiger partial charge in [-0.25, -0.2) is 4.57 Å². The summed E-state index contributed by atoms with van der Waals surface area (Å²) in [4.78, 5) is 28.5. The van der Waals surface area contributed by atoms with Crippen molar-refractivity contribution in [3.8, 4) is 0 Å². The molecule has 0 radical (unpaired) electrons. The third-order valence-electron chi connectivity index (χ3n) is 4.01. The lowest BCUT2D eigenvalue weighted by Gasteiger charge is -2.12. The highest BCUT2D eigenvalue weighted by molar-refractivity contribution is 7.46. The molecule has 8 heteroatoms. The lowest BCUT2D eigenvalue weighted by molar-refractivity contribution is -0.147. The Kier molecular flexibility index (Phi) is 16.9. The summed E-state index contributed by atoms with van der Waals surface area (Å²) in [6.07, 6.45) is 16.2. The highest BCUT2D eigenvalue weighted by atomic mass is 31.2. The van der Waals surface area contributed by atoms with Gasteiger partial charge in [-0.3, -0.25) is 9.32 Å². The predicted molar refractivity (Wildman–Crippen MR) is 105 cm³/mol. The Morgan fingerprint density at radius 2 is 1.48 bits per heavy atom. The summed E-state index contributed by atoms with van der Waals surface area (Å²) in [6, 6.07) is 0. The highest BCUT2D eigenvalue weighted by Crippen LogP contribution is 2.35. The number of aliphatic hydroxyl groups is 1. The standard InChI is InChI=1S/C19H37O7P/c1-2-3-4-5-6-7-8-9-10-11-12-13-14-15-19(21)25-16-18(20)17-26-27(22,23)24/h7-8,18,20H,2-6,9-17H2,1H3,(H2,22,23,24)/b8-7-. The fraction of sp³-hybridized carbons (Fsp3) is 0.842. The molecule has 27 heavy (non-hydrogen) atoms. The van der Waals surface area contributed by atoms with Crippen molar-refractivity contribution >= 4 is 13.8 Å². The Hall–Kier alpha value is -0.720. The van der Waals surface area contributed by atoms with Crippen LogP contribution in [0.3, 0.4) is 0 Å². The summed E-state index contributed by atoms with van der Waals surface area (Å²) in [5.41, 5.74) is 0. The SMILES string of the molecule is CCCCCC/C=C\CCCCCCCC(=O)OCC(O)COP(=O)(O)O. The molecular weight excluding hydrogens is 371 g/mol. The largest absolute Gasteiger partial charge is 0.469 e. The van der Waals surface area contributed by atoms with Crippen LogP contribution in [0, 0.1) is 0 Å². The predicted octanol–water partition coefficient (Wildman–Crippen LogP) is 4.26. The van der Waals surface area contributed by atoms with Crippen LogP contribution in [-0.4, -0.2) is 40.2 Å². The fourth-order valence-electron chi connectivity index (χ4n) is 2.48. The lowest BCUT2D eigenvalue weighted by Crippen LogP contribution is -2.23. The third-order valence-corrected chi connectivity index (χ3v) is 4.50. The number of phosphoric ester groups is 1. The second-order valence-corrected chi connectivity index (χ2v) is 7.99. The molecule has 160 valence electrons. The van der Waals surface area contributed by atoms with Crippen LogP contribution in [0.1, 0.15) is 84.0 Å². The van der Waals surface area contributed by atoms with E-state index in [0.717, 1.165) is 32.1 Å². The second kappa shape index (κ2) is 17.4. The molecule has 0 rings (SSSR count). The van der Waals surface area contributed by atoms with Gasteiger partial charge in [0, 0.05) is 6.42 Å². The molecule has 0 bridgehead atoms. The molecule has 0 heterocycles. The van der Waals surface area contributed by atoms with E-state index < -0.39 is 26.5 Å². The van der Waals surface area contributed by atoms with Gasteiger partial charge in [-0.15, -0.1) is 0 Å². The van der Waals surface area contributed by atoms with E-state index in [2.05, 4.69) is 23.6 Å². The molecule has 0 aromatic heterocycles. The summed E-state index contributed by atoms with van der Waals surface area (Å²) >= 11 is 0. The summed E-state index contributed by atoms with van der Waals surface area (Å²) < 4.78 is 19.4. The number of carbonyl (C=O) groups is 1. The van der Waals surface area contributed by atoms with Crippen molar-refractivity contribution in [2.24, 2.45) is 0 Å². The molecule has 3 N–H and O–H groups in total. The number of carbonyl (C=O) groups excluding carboxylic acids is 1. The van der Waals surface area contributed by atoms with Crippen LogP contribution in [0.5, 0.6) is 0 Å². The Morgan fingerprint density at radius 1 is 0.926 bits per heavy atom. The number of allylic oxidation sites excluding steroid dienone is 2. The molecule has 0 amide bonds. The van der Waals surface area contributed by atoms with Crippen molar-refractivity contribution in [1.82, 2.24) is 0 Å². The Labute approximate surface area is 163 Å². The van der Waals surface area contributed by atoms with E-state index in [4.69, 9.17) is 14.5 Å². The number of hydrogen-bond acceptors (Lipinski definition) is 5. The number of hydrogen-bond donors (Lipinski definition) is 3. The molecule has 0 spiro atoms. The molecule has 7 nitrogen and oxygen atoms in total. The topological polar surface area (TPSA) is 113 Å². The summed E-state index contributed by atoms with van der Waals surface area (Å²) in [5, 5.41) is 9.39. The number of rotatable bonds is 18. The van der Waals surface area contributed by atoms with E-state index in [1.165, 1.54) is 38.5 Å². The second-order valence-electron chi connectivity index (χ2n) is 6.75. The molecule has 1 unspecified atom stereocenters. The first kappa shape index (κ1) is 26.3. The van der Waals surface area contributed by atoms with Crippen LogP contribution in [-0.2, 0) is 18.6 Å². The maximum atomic E-state index is 11.5. The van der Waals surface area contributed by atoms with Gasteiger partial charge >= 0.3 is 13.8 Å². The van der Waals surface area contributed by atoms with Gasteiger partial charge in [-0.1, -0.05) is 57.6 Å². The average Bonchev–Trinajstić information content (AvgIpc) is 2.61. The number of ether oxygens (including phenoxy) is 1. The van der Waals surface area contributed by atoms with E-state index in [1.807, 2.05) is 0 Å². The van der Waals surface area contributed by atoms with Crippen molar-refractivity contribution in [2.45, 2.75) is 90.1 Å². The van der Waals surface area contributed by atoms with Crippen LogP contribution >= 0.6 is 7.82 Å². The maximum Gasteiger partial charge on any atom is 0.469 e. The summed E-state index contributed by atoms with van der Waals surface area (Å²) in [6.45, 7) is 1.31. The van der Waals surface area contributed by atoms with Gasteiger partial charge in [0.2, 0.25) is 0 Å². The Bertz CT molecular complexity index is 434. The van der Waals surface area contributed by atoms with Crippen LogP contribution in [0.15, 0.2) is 12.2 Å². The van der Waals surface area contributed by atoms with Crippen molar-refractivity contribution in [3.63, 3.8) is 0 Å². The van der Waals surface area contributed by atoms with E-state index in [-0.39, 0.29) is 13.0 Å². The summed E-state index contributed by atoms with van der Waals surface area (Å²) in [5.74, 6) is -0.420. The molecule has 0 fully saturated rings. The van der Waals surface area contributed by atoms with Crippen LogP contribution < -0.4 is 0 Å². The van der Waals surface area contributed by atoms with Crippen LogP contribution in [0.25, 0.3) is 0 Å². The minimum absolute atomic E-state index is 0.281. The normalized spacial score (nSPS) is 13.2. The monoisotopic (exact) mass is 408 g/mol. The molecule has 0 saturated carbocycles. The molecule has 0 aromatic rings. The zero-order valence-electron chi connectivity index (χ0n) is 16.6. The Balaban J connectivity index is 3.41. The first-order chi connectivity index (χ1) is 12.8. The summed E-state index contributed by atoms with van der Waals surface area (Å²) in [7, 11) is -4.62. The molecule has 1 atom stereocenters. The fourth-order valence-corrected chi connectivity index (χ4v) is 2.85. The maximum absolute atomic E-state index is 11.5. The van der Waals surface area contributed by atoms with E-state index in [9.17, 15) is 14.5 Å². The van der Waals surface area contributed by atoms with Crippen LogP contribution in [0.2, 0.25) is 0 Å². The number of phosphoric acid groups is 1. The number of esters is 1. The zero-order chi connectivity index (χ0) is 20.4. The van der Waals surface area contributed by atoms with Crippen LogP contribution in [0.4, 0.5) is 0 Å². The van der Waals surface area contributed by atoms with E-state index in [0.29, 0.717) is 0 Å². The first-order valence-electron chi connectivity index (χ1n) is 10.0. The molecule has 0 aliphatic rings. The van der Waals surface area contributed by atoms with E-state index in [1.54, 1.807) is 0 Å². The van der Waals surface area contributed by atoms with Gasteiger partial charge < -0.3 is 19.6 Å². The van der Waals surface area contributed by atoms with Crippen molar-refractivity contribution < 1.29 is 33.5 Å². The highest BCUT2D eigenvalue weighted by Gasteiger charge is 2.17. The van der Waals surface area contributed by atoms with Gasteiger partial charge in [0.05, 0.1) is 6.61 Å². The van der Waals surface area contributed by atoms with Gasteiger partial charge in [0.25, 0.3) is 0 Å².